The molecule has 0 saturated carbocycles. The van der Waals surface area contributed by atoms with Crippen molar-refractivity contribution in [1.82, 2.24) is 9.71 Å². The van der Waals surface area contributed by atoms with Gasteiger partial charge in [0.1, 0.15) is 5.82 Å². The molecule has 1 unspecified atom stereocenters. The van der Waals surface area contributed by atoms with Crippen LogP contribution >= 0.6 is 34.7 Å². The summed E-state index contributed by atoms with van der Waals surface area (Å²) in [4.78, 5) is 4.64. The highest BCUT2D eigenvalue weighted by atomic mass is 35.5. The molecular formula is C12H10ClFN2O2S3. The Morgan fingerprint density at radius 3 is 2.95 bits per heavy atom. The van der Waals surface area contributed by atoms with E-state index in [1.54, 1.807) is 17.8 Å². The van der Waals surface area contributed by atoms with Crippen LogP contribution in [0, 0.1) is 5.82 Å². The Hall–Kier alpha value is -0.670. The lowest BCUT2D eigenvalue weighted by atomic mass is 10.0. The lowest BCUT2D eigenvalue weighted by Gasteiger charge is -2.25. The molecular weight excluding hydrogens is 355 g/mol. The number of nitrogens with zero attached hydrogens (tertiary/aromatic N) is 1. The summed E-state index contributed by atoms with van der Waals surface area (Å²) in [5.41, 5.74) is 0.672. The van der Waals surface area contributed by atoms with Crippen LogP contribution in [0.1, 0.15) is 18.0 Å². The first-order valence-corrected chi connectivity index (χ1v) is 9.68. The van der Waals surface area contributed by atoms with Crippen molar-refractivity contribution in [3.63, 3.8) is 0 Å². The summed E-state index contributed by atoms with van der Waals surface area (Å²) in [5, 5.41) is 0. The van der Waals surface area contributed by atoms with Gasteiger partial charge in [-0.15, -0.1) is 11.8 Å². The molecule has 1 aromatic carbocycles. The minimum atomic E-state index is -3.70. The molecule has 3 rings (SSSR count). The summed E-state index contributed by atoms with van der Waals surface area (Å²) in [6, 6.07) is 4.00. The first-order chi connectivity index (χ1) is 9.95. The van der Waals surface area contributed by atoms with Crippen LogP contribution in [0.2, 0.25) is 4.47 Å². The summed E-state index contributed by atoms with van der Waals surface area (Å²) < 4.78 is 40.9. The lowest BCUT2D eigenvalue weighted by Crippen LogP contribution is -2.30. The molecule has 0 radical (unpaired) electrons. The van der Waals surface area contributed by atoms with E-state index < -0.39 is 16.1 Å². The van der Waals surface area contributed by atoms with E-state index in [9.17, 15) is 12.8 Å². The second-order valence-corrected chi connectivity index (χ2v) is 9.12. The highest BCUT2D eigenvalue weighted by molar-refractivity contribution is 7.99. The first kappa shape index (κ1) is 15.2. The second-order valence-electron chi connectivity index (χ2n) is 4.43. The molecule has 2 heterocycles. The van der Waals surface area contributed by atoms with Crippen molar-refractivity contribution in [3.05, 3.63) is 40.2 Å². The van der Waals surface area contributed by atoms with Gasteiger partial charge in [0.2, 0.25) is 0 Å². The molecule has 1 atom stereocenters. The number of aromatic nitrogens is 1. The van der Waals surface area contributed by atoms with Gasteiger partial charge in [-0.1, -0.05) is 22.9 Å². The van der Waals surface area contributed by atoms with Gasteiger partial charge in [0.05, 0.1) is 6.20 Å². The SMILES string of the molecule is O=S(=O)(NC1CCSc2ccc(F)cc21)c1cnc(Cl)s1. The van der Waals surface area contributed by atoms with Crippen LogP contribution in [-0.4, -0.2) is 19.2 Å². The van der Waals surface area contributed by atoms with Crippen LogP contribution in [-0.2, 0) is 10.0 Å². The summed E-state index contributed by atoms with van der Waals surface area (Å²) in [6.45, 7) is 0. The number of rotatable bonds is 3. The Kier molecular flexibility index (Phi) is 4.24. The van der Waals surface area contributed by atoms with E-state index in [-0.39, 0.29) is 14.5 Å². The Morgan fingerprint density at radius 2 is 2.24 bits per heavy atom. The average Bonchev–Trinajstić information content (AvgIpc) is 2.87. The second kappa shape index (κ2) is 5.85. The van der Waals surface area contributed by atoms with Gasteiger partial charge in [0.25, 0.3) is 10.0 Å². The third-order valence-electron chi connectivity index (χ3n) is 3.03. The number of hydrogen-bond donors (Lipinski definition) is 1. The summed E-state index contributed by atoms with van der Waals surface area (Å²) in [5.74, 6) is 0.399. The van der Waals surface area contributed by atoms with E-state index >= 15 is 0 Å². The maximum atomic E-state index is 13.4. The van der Waals surface area contributed by atoms with Gasteiger partial charge in [-0.3, -0.25) is 0 Å². The molecule has 0 amide bonds. The number of hydrogen-bond acceptors (Lipinski definition) is 5. The molecule has 0 aliphatic carbocycles. The van der Waals surface area contributed by atoms with Crippen molar-refractivity contribution in [2.24, 2.45) is 0 Å². The van der Waals surface area contributed by atoms with Gasteiger partial charge in [-0.2, -0.15) is 0 Å². The molecule has 0 spiro atoms. The summed E-state index contributed by atoms with van der Waals surface area (Å²) in [7, 11) is -3.70. The molecule has 1 aliphatic rings. The smallest absolute Gasteiger partial charge is 0.232 e. The topological polar surface area (TPSA) is 59.1 Å². The molecule has 2 aromatic rings. The van der Waals surface area contributed by atoms with Gasteiger partial charge in [-0.05, 0) is 35.9 Å². The highest BCUT2D eigenvalue weighted by Crippen LogP contribution is 2.37. The molecule has 0 bridgehead atoms. The van der Waals surface area contributed by atoms with Crippen molar-refractivity contribution in [2.45, 2.75) is 21.6 Å². The fourth-order valence-electron chi connectivity index (χ4n) is 2.10. The minimum absolute atomic E-state index is 0.0590. The zero-order valence-electron chi connectivity index (χ0n) is 10.5. The van der Waals surface area contributed by atoms with Crippen molar-refractivity contribution >= 4 is 44.7 Å². The van der Waals surface area contributed by atoms with Crippen molar-refractivity contribution in [3.8, 4) is 0 Å². The summed E-state index contributed by atoms with van der Waals surface area (Å²) in [6.07, 6.45) is 1.83. The van der Waals surface area contributed by atoms with Crippen LogP contribution in [0.5, 0.6) is 0 Å². The number of benzene rings is 1. The normalized spacial score (nSPS) is 18.5. The molecule has 1 aromatic heterocycles. The van der Waals surface area contributed by atoms with Gasteiger partial charge in [-0.25, -0.2) is 22.5 Å². The number of thiazole rings is 1. The van der Waals surface area contributed by atoms with Gasteiger partial charge >= 0.3 is 0 Å². The fourth-order valence-corrected chi connectivity index (χ4v) is 5.76. The average molecular weight is 365 g/mol. The Morgan fingerprint density at radius 1 is 1.43 bits per heavy atom. The molecule has 0 saturated heterocycles. The van der Waals surface area contributed by atoms with Crippen LogP contribution in [0.25, 0.3) is 0 Å². The standard InChI is InChI=1S/C12H10ClFN2O2S3/c13-12-15-6-11(20-12)21(17,18)16-9-3-4-19-10-2-1-7(14)5-8(9)10/h1-2,5-6,9,16H,3-4H2. The molecule has 112 valence electrons. The zero-order valence-corrected chi connectivity index (χ0v) is 13.8. The monoisotopic (exact) mass is 364 g/mol. The van der Waals surface area contributed by atoms with Crippen LogP contribution in [0.4, 0.5) is 4.39 Å². The fraction of sp³-hybridized carbons (Fsp3) is 0.250. The first-order valence-electron chi connectivity index (χ1n) is 6.01. The highest BCUT2D eigenvalue weighted by Gasteiger charge is 2.27. The van der Waals surface area contributed by atoms with E-state index in [4.69, 9.17) is 11.6 Å². The van der Waals surface area contributed by atoms with Crippen LogP contribution < -0.4 is 4.72 Å². The van der Waals surface area contributed by atoms with Gasteiger partial charge < -0.3 is 0 Å². The number of thioether (sulfide) groups is 1. The number of nitrogens with one attached hydrogen (secondary N) is 1. The lowest BCUT2D eigenvalue weighted by molar-refractivity contribution is 0.543. The predicted molar refractivity (Wildman–Crippen MR) is 81.9 cm³/mol. The number of halogens is 2. The Labute approximate surface area is 134 Å². The molecule has 21 heavy (non-hydrogen) atoms. The van der Waals surface area contributed by atoms with Crippen molar-refractivity contribution in [2.75, 3.05) is 5.75 Å². The van der Waals surface area contributed by atoms with Gasteiger partial charge in [0, 0.05) is 10.9 Å². The van der Waals surface area contributed by atoms with Crippen LogP contribution in [0.15, 0.2) is 33.5 Å². The van der Waals surface area contributed by atoms with E-state index in [0.717, 1.165) is 22.0 Å². The van der Waals surface area contributed by atoms with E-state index in [2.05, 4.69) is 9.71 Å². The Balaban J connectivity index is 1.91. The maximum Gasteiger partial charge on any atom is 0.252 e. The zero-order chi connectivity index (χ0) is 15.0. The molecule has 1 aliphatic heterocycles. The van der Waals surface area contributed by atoms with E-state index in [1.807, 2.05) is 0 Å². The third kappa shape index (κ3) is 3.24. The van der Waals surface area contributed by atoms with Crippen molar-refractivity contribution < 1.29 is 12.8 Å². The van der Waals surface area contributed by atoms with Gasteiger partial charge in [0.15, 0.2) is 8.68 Å². The predicted octanol–water partition coefficient (Wildman–Crippen LogP) is 3.45. The molecule has 1 N–H and O–H groups in total. The largest absolute Gasteiger partial charge is 0.252 e. The Bertz CT molecular complexity index is 779. The van der Waals surface area contributed by atoms with E-state index in [0.29, 0.717) is 12.0 Å². The minimum Gasteiger partial charge on any atom is -0.232 e. The van der Waals surface area contributed by atoms with Crippen molar-refractivity contribution in [1.29, 1.82) is 0 Å². The maximum absolute atomic E-state index is 13.4. The molecule has 0 fully saturated rings. The third-order valence-corrected chi connectivity index (χ3v) is 7.20. The number of sulfonamides is 1. The van der Waals surface area contributed by atoms with Crippen LogP contribution in [0.3, 0.4) is 0 Å². The quantitative estimate of drug-likeness (QED) is 0.906. The molecule has 9 heteroatoms. The molecule has 4 nitrogen and oxygen atoms in total. The number of fused-ring (bicyclic) bond motifs is 1. The van der Waals surface area contributed by atoms with E-state index in [1.165, 1.54) is 18.3 Å². The summed E-state index contributed by atoms with van der Waals surface area (Å²) >= 11 is 8.16.